The van der Waals surface area contributed by atoms with Crippen LogP contribution in [0.2, 0.25) is 0 Å². The average molecular weight is 410 g/mol. The van der Waals surface area contributed by atoms with Crippen molar-refractivity contribution in [2.24, 2.45) is 5.92 Å². The Hall–Kier alpha value is -1.64. The van der Waals surface area contributed by atoms with Gasteiger partial charge >= 0.3 is 0 Å². The number of carbonyl (C=O) groups is 1. The zero-order valence-corrected chi connectivity index (χ0v) is 17.3. The van der Waals surface area contributed by atoms with Gasteiger partial charge in [0, 0.05) is 25.6 Å². The van der Waals surface area contributed by atoms with E-state index in [-0.39, 0.29) is 16.7 Å². The normalized spacial score (nSPS) is 22.0. The average Bonchev–Trinajstić information content (AvgIpc) is 2.73. The second kappa shape index (κ2) is 9.71. The number of sulfonamides is 1. The van der Waals surface area contributed by atoms with Crippen molar-refractivity contribution in [2.45, 2.75) is 62.3 Å². The molecule has 8 heteroatoms. The van der Waals surface area contributed by atoms with Crippen LogP contribution in [0.4, 0.5) is 0 Å². The summed E-state index contributed by atoms with van der Waals surface area (Å²) in [6, 6.07) is 6.80. The molecule has 2 fully saturated rings. The molecule has 0 radical (unpaired) electrons. The number of piperidine rings is 1. The van der Waals surface area contributed by atoms with Crippen LogP contribution in [-0.2, 0) is 14.8 Å². The molecule has 0 aromatic heterocycles. The van der Waals surface area contributed by atoms with Crippen molar-refractivity contribution < 1.29 is 17.9 Å². The Morgan fingerprint density at radius 3 is 2.50 bits per heavy atom. The molecule has 1 aromatic rings. The second-order valence-electron chi connectivity index (χ2n) is 7.78. The van der Waals surface area contributed by atoms with E-state index in [0.29, 0.717) is 31.3 Å². The maximum absolute atomic E-state index is 12.9. The molecular weight excluding hydrogens is 378 g/mol. The van der Waals surface area contributed by atoms with Crippen LogP contribution in [0.15, 0.2) is 29.2 Å². The van der Waals surface area contributed by atoms with Gasteiger partial charge in [0.1, 0.15) is 5.75 Å². The first-order chi connectivity index (χ1) is 13.5. The molecule has 3 rings (SSSR count). The largest absolute Gasteiger partial charge is 0.497 e. The smallest absolute Gasteiger partial charge is 0.243 e. The molecule has 7 nitrogen and oxygen atoms in total. The van der Waals surface area contributed by atoms with Gasteiger partial charge in [0.15, 0.2) is 0 Å². The second-order valence-corrected chi connectivity index (χ2v) is 9.72. The van der Waals surface area contributed by atoms with Crippen molar-refractivity contribution in [3.63, 3.8) is 0 Å². The first-order valence-electron chi connectivity index (χ1n) is 10.2. The van der Waals surface area contributed by atoms with Gasteiger partial charge in [0.2, 0.25) is 15.9 Å². The van der Waals surface area contributed by atoms with Crippen LogP contribution in [0.25, 0.3) is 0 Å². The summed E-state index contributed by atoms with van der Waals surface area (Å²) in [5, 5.41) is 0. The molecule has 28 heavy (non-hydrogen) atoms. The first kappa shape index (κ1) is 21.1. The number of ether oxygens (including phenoxy) is 1. The first-order valence-corrected chi connectivity index (χ1v) is 11.6. The predicted octanol–water partition coefficient (Wildman–Crippen LogP) is 2.44. The van der Waals surface area contributed by atoms with Crippen LogP contribution in [0.5, 0.6) is 5.75 Å². The van der Waals surface area contributed by atoms with Crippen molar-refractivity contribution in [3.05, 3.63) is 24.3 Å². The molecule has 1 amide bonds. The van der Waals surface area contributed by atoms with Gasteiger partial charge in [-0.3, -0.25) is 10.2 Å². The topological polar surface area (TPSA) is 87.7 Å². The van der Waals surface area contributed by atoms with E-state index in [0.717, 1.165) is 25.7 Å². The fourth-order valence-electron chi connectivity index (χ4n) is 4.05. The van der Waals surface area contributed by atoms with Gasteiger partial charge in [-0.1, -0.05) is 19.3 Å². The minimum atomic E-state index is -3.55. The molecule has 2 aliphatic rings. The van der Waals surface area contributed by atoms with E-state index < -0.39 is 10.0 Å². The summed E-state index contributed by atoms with van der Waals surface area (Å²) in [5.41, 5.74) is 5.97. The van der Waals surface area contributed by atoms with Crippen LogP contribution in [0.1, 0.15) is 51.4 Å². The number of rotatable bonds is 7. The van der Waals surface area contributed by atoms with E-state index in [1.54, 1.807) is 31.4 Å². The molecular formula is C20H31N3O4S. The van der Waals surface area contributed by atoms with E-state index in [4.69, 9.17) is 4.74 Å². The summed E-state index contributed by atoms with van der Waals surface area (Å²) in [6.07, 6.45) is 7.84. The Labute approximate surface area is 167 Å². The van der Waals surface area contributed by atoms with Gasteiger partial charge in [-0.05, 0) is 55.9 Å². The molecule has 1 saturated carbocycles. The molecule has 1 heterocycles. The Kier molecular flexibility index (Phi) is 7.31. The molecule has 1 unspecified atom stereocenters. The predicted molar refractivity (Wildman–Crippen MR) is 107 cm³/mol. The summed E-state index contributed by atoms with van der Waals surface area (Å²) in [6.45, 7) is 0.873. The third kappa shape index (κ3) is 5.46. The van der Waals surface area contributed by atoms with E-state index in [1.165, 1.54) is 23.6 Å². The lowest BCUT2D eigenvalue weighted by Gasteiger charge is -2.32. The van der Waals surface area contributed by atoms with Crippen molar-refractivity contribution in [1.82, 2.24) is 15.2 Å². The molecule has 1 atom stereocenters. The van der Waals surface area contributed by atoms with Gasteiger partial charge in [-0.25, -0.2) is 13.8 Å². The lowest BCUT2D eigenvalue weighted by Crippen LogP contribution is -2.47. The third-order valence-corrected chi connectivity index (χ3v) is 7.55. The van der Waals surface area contributed by atoms with Gasteiger partial charge in [0.05, 0.1) is 12.0 Å². The number of nitrogens with zero attached hydrogens (tertiary/aromatic N) is 1. The number of amides is 1. The summed E-state index contributed by atoms with van der Waals surface area (Å²) in [7, 11) is -2.01. The molecule has 1 aliphatic heterocycles. The van der Waals surface area contributed by atoms with E-state index in [2.05, 4.69) is 10.9 Å². The SMILES string of the molecule is COc1ccc(S(=O)(=O)N2CCCC(CC(=O)NNC3CCCCC3)C2)cc1. The number of hydrazine groups is 1. The fourth-order valence-corrected chi connectivity index (χ4v) is 5.61. The zero-order chi connectivity index (χ0) is 20.0. The molecule has 0 spiro atoms. The van der Waals surface area contributed by atoms with Gasteiger partial charge in [-0.15, -0.1) is 0 Å². The number of methoxy groups -OCH3 is 1. The zero-order valence-electron chi connectivity index (χ0n) is 16.5. The molecule has 1 aromatic carbocycles. The van der Waals surface area contributed by atoms with E-state index in [9.17, 15) is 13.2 Å². The maximum Gasteiger partial charge on any atom is 0.243 e. The molecule has 156 valence electrons. The van der Waals surface area contributed by atoms with E-state index in [1.807, 2.05) is 0 Å². The van der Waals surface area contributed by atoms with Crippen LogP contribution in [0.3, 0.4) is 0 Å². The summed E-state index contributed by atoms with van der Waals surface area (Å²) < 4.78 is 32.4. The number of hydrogen-bond acceptors (Lipinski definition) is 5. The fraction of sp³-hybridized carbons (Fsp3) is 0.650. The summed E-state index contributed by atoms with van der Waals surface area (Å²) >= 11 is 0. The number of hydrogen-bond donors (Lipinski definition) is 2. The minimum Gasteiger partial charge on any atom is -0.497 e. The highest BCUT2D eigenvalue weighted by molar-refractivity contribution is 7.89. The highest BCUT2D eigenvalue weighted by Crippen LogP contribution is 2.26. The minimum absolute atomic E-state index is 0.0370. The van der Waals surface area contributed by atoms with Crippen LogP contribution < -0.4 is 15.6 Å². The molecule has 0 bridgehead atoms. The maximum atomic E-state index is 12.9. The van der Waals surface area contributed by atoms with Crippen molar-refractivity contribution in [1.29, 1.82) is 0 Å². The number of carbonyl (C=O) groups excluding carboxylic acids is 1. The van der Waals surface area contributed by atoms with Crippen molar-refractivity contribution in [3.8, 4) is 5.75 Å². The summed E-state index contributed by atoms with van der Waals surface area (Å²) in [4.78, 5) is 12.6. The van der Waals surface area contributed by atoms with Gasteiger partial charge in [-0.2, -0.15) is 4.31 Å². The standard InChI is InChI=1S/C20H31N3O4S/c1-27-18-9-11-19(12-10-18)28(25,26)23-13-5-6-16(15-23)14-20(24)22-21-17-7-3-2-4-8-17/h9-12,16-17,21H,2-8,13-15H2,1H3,(H,22,24). The quantitative estimate of drug-likeness (QED) is 0.676. The molecule has 1 saturated heterocycles. The van der Waals surface area contributed by atoms with Crippen molar-refractivity contribution in [2.75, 3.05) is 20.2 Å². The Bertz CT molecular complexity index is 745. The van der Waals surface area contributed by atoms with Gasteiger partial charge in [0.25, 0.3) is 0 Å². The van der Waals surface area contributed by atoms with Crippen molar-refractivity contribution >= 4 is 15.9 Å². The molecule has 1 aliphatic carbocycles. The highest BCUT2D eigenvalue weighted by Gasteiger charge is 2.31. The summed E-state index contributed by atoms with van der Waals surface area (Å²) in [5.74, 6) is 0.604. The molecule has 2 N–H and O–H groups in total. The lowest BCUT2D eigenvalue weighted by atomic mass is 9.95. The third-order valence-electron chi connectivity index (χ3n) is 5.67. The highest BCUT2D eigenvalue weighted by atomic mass is 32.2. The Morgan fingerprint density at radius 1 is 1.11 bits per heavy atom. The number of nitrogens with one attached hydrogen (secondary N) is 2. The van der Waals surface area contributed by atoms with Crippen LogP contribution in [0, 0.1) is 5.92 Å². The Morgan fingerprint density at radius 2 is 1.82 bits per heavy atom. The van der Waals surface area contributed by atoms with E-state index >= 15 is 0 Å². The monoisotopic (exact) mass is 409 g/mol. The van der Waals surface area contributed by atoms with Crippen LogP contribution in [-0.4, -0.2) is 44.9 Å². The Balaban J connectivity index is 1.53. The number of benzene rings is 1. The van der Waals surface area contributed by atoms with Crippen LogP contribution >= 0.6 is 0 Å². The van der Waals surface area contributed by atoms with Gasteiger partial charge < -0.3 is 4.74 Å². The lowest BCUT2D eigenvalue weighted by molar-refractivity contribution is -0.123.